The van der Waals surface area contributed by atoms with Crippen LogP contribution in [0.3, 0.4) is 0 Å². The molecule has 2 heterocycles. The van der Waals surface area contributed by atoms with Gasteiger partial charge < -0.3 is 10.2 Å². The van der Waals surface area contributed by atoms with Crippen molar-refractivity contribution in [3.8, 4) is 0 Å². The first-order valence-electron chi connectivity index (χ1n) is 9.31. The summed E-state index contributed by atoms with van der Waals surface area (Å²) in [5.41, 5.74) is 3.57. The van der Waals surface area contributed by atoms with Crippen molar-refractivity contribution in [2.75, 3.05) is 36.4 Å². The summed E-state index contributed by atoms with van der Waals surface area (Å²) in [6.45, 7) is 6.86. The number of nitrogens with zero attached hydrogens (tertiary/aromatic N) is 5. The molecule has 0 atom stereocenters. The summed E-state index contributed by atoms with van der Waals surface area (Å²) >= 11 is 0. The number of anilines is 3. The molecule has 0 unspecified atom stereocenters. The van der Waals surface area contributed by atoms with Crippen molar-refractivity contribution in [2.24, 2.45) is 0 Å². The minimum atomic E-state index is 0.687. The lowest BCUT2D eigenvalue weighted by atomic mass is 10.2. The molecule has 6 heteroatoms. The van der Waals surface area contributed by atoms with Crippen LogP contribution in [0.2, 0.25) is 0 Å². The van der Waals surface area contributed by atoms with Crippen molar-refractivity contribution in [1.82, 2.24) is 20.1 Å². The van der Waals surface area contributed by atoms with Gasteiger partial charge in [-0.1, -0.05) is 42.5 Å². The van der Waals surface area contributed by atoms with Gasteiger partial charge in [0.25, 0.3) is 0 Å². The van der Waals surface area contributed by atoms with Gasteiger partial charge in [0, 0.05) is 38.4 Å². The Bertz CT molecular complexity index is 875. The highest BCUT2D eigenvalue weighted by atomic mass is 15.4. The lowest BCUT2D eigenvalue weighted by Gasteiger charge is -2.34. The Kier molecular flexibility index (Phi) is 5.25. The van der Waals surface area contributed by atoms with Crippen molar-refractivity contribution in [3.63, 3.8) is 0 Å². The van der Waals surface area contributed by atoms with E-state index in [1.165, 1.54) is 11.1 Å². The number of hydrogen-bond donors (Lipinski definition) is 1. The molecule has 138 valence electrons. The largest absolute Gasteiger partial charge is 0.339 e. The molecule has 6 nitrogen and oxygen atoms in total. The number of hydrogen-bond acceptors (Lipinski definition) is 6. The molecule has 0 saturated carbocycles. The third-order valence-corrected chi connectivity index (χ3v) is 4.74. The van der Waals surface area contributed by atoms with Gasteiger partial charge in [0.2, 0.25) is 5.95 Å². The first-order chi connectivity index (χ1) is 13.3. The fourth-order valence-corrected chi connectivity index (χ4v) is 3.31. The zero-order valence-electron chi connectivity index (χ0n) is 15.5. The van der Waals surface area contributed by atoms with Crippen LogP contribution in [0.25, 0.3) is 0 Å². The minimum Gasteiger partial charge on any atom is -0.339 e. The van der Waals surface area contributed by atoms with Crippen LogP contribution in [0.5, 0.6) is 0 Å². The van der Waals surface area contributed by atoms with Crippen LogP contribution in [-0.4, -0.2) is 46.3 Å². The van der Waals surface area contributed by atoms with E-state index >= 15 is 0 Å². The smallest absolute Gasteiger partial charge is 0.247 e. The summed E-state index contributed by atoms with van der Waals surface area (Å²) in [5.74, 6) is 1.41. The number of piperazine rings is 1. The van der Waals surface area contributed by atoms with Crippen molar-refractivity contribution in [1.29, 1.82) is 0 Å². The highest BCUT2D eigenvalue weighted by molar-refractivity contribution is 5.57. The maximum atomic E-state index is 4.65. The van der Waals surface area contributed by atoms with Crippen LogP contribution in [0.15, 0.2) is 60.8 Å². The van der Waals surface area contributed by atoms with Crippen LogP contribution in [-0.2, 0) is 6.54 Å². The van der Waals surface area contributed by atoms with Crippen LogP contribution in [0.1, 0.15) is 11.1 Å². The number of rotatable bonds is 5. The van der Waals surface area contributed by atoms with Gasteiger partial charge in [0.1, 0.15) is 0 Å². The molecule has 1 N–H and O–H groups in total. The lowest BCUT2D eigenvalue weighted by Crippen LogP contribution is -2.46. The molecule has 0 amide bonds. The van der Waals surface area contributed by atoms with E-state index in [0.717, 1.165) is 44.2 Å². The van der Waals surface area contributed by atoms with Gasteiger partial charge in [0.05, 0.1) is 6.20 Å². The van der Waals surface area contributed by atoms with Crippen LogP contribution < -0.4 is 10.2 Å². The monoisotopic (exact) mass is 360 g/mol. The second-order valence-corrected chi connectivity index (χ2v) is 6.88. The van der Waals surface area contributed by atoms with E-state index in [2.05, 4.69) is 79.7 Å². The Hall–Kier alpha value is -2.99. The van der Waals surface area contributed by atoms with Gasteiger partial charge in [-0.15, -0.1) is 5.10 Å². The first-order valence-corrected chi connectivity index (χ1v) is 9.31. The maximum Gasteiger partial charge on any atom is 0.247 e. The third kappa shape index (κ3) is 4.60. The maximum absolute atomic E-state index is 4.65. The molecule has 2 aromatic carbocycles. The third-order valence-electron chi connectivity index (χ3n) is 4.74. The van der Waals surface area contributed by atoms with E-state index in [1.807, 2.05) is 12.1 Å². The molecule has 3 aromatic rings. The summed E-state index contributed by atoms with van der Waals surface area (Å²) < 4.78 is 0. The van der Waals surface area contributed by atoms with Gasteiger partial charge in [-0.3, -0.25) is 4.90 Å². The van der Waals surface area contributed by atoms with Crippen LogP contribution in [0, 0.1) is 6.92 Å². The van der Waals surface area contributed by atoms with Gasteiger partial charge in [-0.05, 0) is 30.2 Å². The van der Waals surface area contributed by atoms with Crippen molar-refractivity contribution in [3.05, 3.63) is 71.9 Å². The predicted molar refractivity (Wildman–Crippen MR) is 108 cm³/mol. The molecule has 0 spiro atoms. The quantitative estimate of drug-likeness (QED) is 0.754. The number of aryl methyl sites for hydroxylation is 1. The lowest BCUT2D eigenvalue weighted by molar-refractivity contribution is 0.248. The summed E-state index contributed by atoms with van der Waals surface area (Å²) in [4.78, 5) is 9.32. The van der Waals surface area contributed by atoms with Gasteiger partial charge in [0.15, 0.2) is 5.82 Å². The first kappa shape index (κ1) is 17.4. The Balaban J connectivity index is 1.37. The summed E-state index contributed by atoms with van der Waals surface area (Å²) in [6.07, 6.45) is 1.66. The summed E-state index contributed by atoms with van der Waals surface area (Å²) in [5, 5.41) is 11.7. The zero-order valence-corrected chi connectivity index (χ0v) is 15.5. The zero-order chi connectivity index (χ0) is 18.5. The minimum absolute atomic E-state index is 0.687. The molecule has 1 aliphatic heterocycles. The van der Waals surface area contributed by atoms with Crippen molar-refractivity contribution >= 4 is 17.5 Å². The fraction of sp³-hybridized carbons (Fsp3) is 0.286. The molecule has 0 radical (unpaired) electrons. The van der Waals surface area contributed by atoms with Gasteiger partial charge >= 0.3 is 0 Å². The highest BCUT2D eigenvalue weighted by Crippen LogP contribution is 2.18. The van der Waals surface area contributed by atoms with E-state index in [-0.39, 0.29) is 0 Å². The average Bonchev–Trinajstić information content (AvgIpc) is 2.70. The molecule has 1 aromatic heterocycles. The fourth-order valence-electron chi connectivity index (χ4n) is 3.31. The SMILES string of the molecule is Cc1cccc(Nc2cnnc(N3CCN(Cc4ccccc4)CC3)n2)c1. The molecule has 4 rings (SSSR count). The number of benzene rings is 2. The Morgan fingerprint density at radius 2 is 1.78 bits per heavy atom. The van der Waals surface area contributed by atoms with Crippen LogP contribution >= 0.6 is 0 Å². The molecule has 1 aliphatic rings. The van der Waals surface area contributed by atoms with E-state index < -0.39 is 0 Å². The van der Waals surface area contributed by atoms with E-state index in [1.54, 1.807) is 6.20 Å². The van der Waals surface area contributed by atoms with E-state index in [0.29, 0.717) is 5.95 Å². The van der Waals surface area contributed by atoms with Gasteiger partial charge in [-0.25, -0.2) is 0 Å². The van der Waals surface area contributed by atoms with E-state index in [9.17, 15) is 0 Å². The predicted octanol–water partition coefficient (Wildman–Crippen LogP) is 3.25. The summed E-state index contributed by atoms with van der Waals surface area (Å²) in [6, 6.07) is 18.8. The summed E-state index contributed by atoms with van der Waals surface area (Å²) in [7, 11) is 0. The second-order valence-electron chi connectivity index (χ2n) is 6.88. The molecule has 0 aliphatic carbocycles. The molecule has 1 saturated heterocycles. The number of aromatic nitrogens is 3. The van der Waals surface area contributed by atoms with Crippen LogP contribution in [0.4, 0.5) is 17.5 Å². The second kappa shape index (κ2) is 8.14. The molecular formula is C21H24N6. The van der Waals surface area contributed by atoms with Crippen molar-refractivity contribution in [2.45, 2.75) is 13.5 Å². The standard InChI is InChI=1S/C21H24N6/c1-17-6-5-9-19(14-17)23-20-15-22-25-21(24-20)27-12-10-26(11-13-27)16-18-7-3-2-4-8-18/h2-9,14-15H,10-13,16H2,1H3,(H,23,24,25). The topological polar surface area (TPSA) is 57.2 Å². The average molecular weight is 360 g/mol. The van der Waals surface area contributed by atoms with Gasteiger partial charge in [-0.2, -0.15) is 10.1 Å². The molecular weight excluding hydrogens is 336 g/mol. The highest BCUT2D eigenvalue weighted by Gasteiger charge is 2.19. The molecule has 0 bridgehead atoms. The Morgan fingerprint density at radius 3 is 2.56 bits per heavy atom. The Morgan fingerprint density at radius 1 is 0.963 bits per heavy atom. The molecule has 1 fully saturated rings. The molecule has 27 heavy (non-hydrogen) atoms. The van der Waals surface area contributed by atoms with Crippen molar-refractivity contribution < 1.29 is 0 Å². The van der Waals surface area contributed by atoms with E-state index in [4.69, 9.17) is 0 Å². The normalized spacial score (nSPS) is 14.9. The Labute approximate surface area is 159 Å². The number of nitrogens with one attached hydrogen (secondary N) is 1.